The van der Waals surface area contributed by atoms with E-state index in [0.29, 0.717) is 18.3 Å². The van der Waals surface area contributed by atoms with Gasteiger partial charge in [-0.2, -0.15) is 4.98 Å². The largest absolute Gasteiger partial charge is 0.324 e. The molecule has 142 valence electrons. The lowest BCUT2D eigenvalue weighted by Gasteiger charge is -2.24. The Morgan fingerprint density at radius 1 is 1.11 bits per heavy atom. The van der Waals surface area contributed by atoms with Gasteiger partial charge in [0.1, 0.15) is 6.04 Å². The number of rotatable bonds is 5. The van der Waals surface area contributed by atoms with Crippen LogP contribution in [0.25, 0.3) is 5.70 Å². The number of aromatic nitrogens is 3. The van der Waals surface area contributed by atoms with Gasteiger partial charge in [0.15, 0.2) is 0 Å². The second-order valence-electron chi connectivity index (χ2n) is 7.28. The topological polar surface area (TPSA) is 71.8 Å². The maximum absolute atomic E-state index is 12.1. The fraction of sp³-hybridized carbons (Fsp3) is 0.227. The van der Waals surface area contributed by atoms with Crippen LogP contribution in [0.5, 0.6) is 0 Å². The average molecular weight is 373 g/mol. The zero-order chi connectivity index (χ0) is 19.5. The van der Waals surface area contributed by atoms with Crippen molar-refractivity contribution in [3.8, 4) is 0 Å². The maximum Gasteiger partial charge on any atom is 0.250 e. The molecule has 2 N–H and O–H groups in total. The van der Waals surface area contributed by atoms with Crippen LogP contribution in [-0.2, 0) is 4.79 Å². The fourth-order valence-corrected chi connectivity index (χ4v) is 3.27. The number of allylic oxidation sites excluding steroid dienone is 1. The van der Waals surface area contributed by atoms with E-state index in [1.807, 2.05) is 54.9 Å². The van der Waals surface area contributed by atoms with Crippen molar-refractivity contribution in [2.45, 2.75) is 26.3 Å². The molecule has 2 heterocycles. The Bertz CT molecular complexity index is 992. The number of nitrogens with one attached hydrogen (secondary N) is 2. The van der Waals surface area contributed by atoms with E-state index in [9.17, 15) is 4.79 Å². The molecule has 6 nitrogen and oxygen atoms in total. The Balaban J connectivity index is 1.70. The minimum absolute atomic E-state index is 0.0783. The molecular formula is C22H23N5O. The van der Waals surface area contributed by atoms with E-state index in [-0.39, 0.29) is 17.9 Å². The van der Waals surface area contributed by atoms with Crippen molar-refractivity contribution >= 4 is 23.5 Å². The first-order valence-electron chi connectivity index (χ1n) is 9.46. The first-order chi connectivity index (χ1) is 13.6. The van der Waals surface area contributed by atoms with Gasteiger partial charge in [0, 0.05) is 12.1 Å². The molecule has 0 saturated heterocycles. The summed E-state index contributed by atoms with van der Waals surface area (Å²) in [5.74, 6) is 1.12. The molecule has 1 aliphatic heterocycles. The van der Waals surface area contributed by atoms with Crippen LogP contribution in [0.15, 0.2) is 66.7 Å². The summed E-state index contributed by atoms with van der Waals surface area (Å²) in [6, 6.07) is 20.1. The average Bonchev–Trinajstić information content (AvgIpc) is 3.10. The smallest absolute Gasteiger partial charge is 0.250 e. The van der Waals surface area contributed by atoms with Crippen molar-refractivity contribution in [2.75, 3.05) is 10.6 Å². The van der Waals surface area contributed by atoms with Crippen LogP contribution in [0.3, 0.4) is 0 Å². The molecule has 1 amide bonds. The van der Waals surface area contributed by atoms with E-state index in [1.165, 1.54) is 0 Å². The number of fused-ring (bicyclic) bond motifs is 1. The summed E-state index contributed by atoms with van der Waals surface area (Å²) in [6.07, 6.45) is 2.57. The normalized spacial score (nSPS) is 15.5. The standard InChI is InChI=1S/C22H23N5O/c1-15(2)13-20(28)24-21-25-22-23-18(16-9-5-3-6-10-16)14-19(27(22)26-21)17-11-7-4-8-12-17/h3-12,14-15,19H,13H2,1-2H3,(H2,23,24,25,26,28). The Labute approximate surface area is 164 Å². The highest BCUT2D eigenvalue weighted by molar-refractivity contribution is 5.89. The van der Waals surface area contributed by atoms with E-state index in [0.717, 1.165) is 16.8 Å². The molecule has 0 aliphatic carbocycles. The molecule has 1 aliphatic rings. The van der Waals surface area contributed by atoms with Crippen LogP contribution < -0.4 is 10.6 Å². The molecule has 0 radical (unpaired) electrons. The minimum atomic E-state index is -0.115. The number of hydrogen-bond donors (Lipinski definition) is 2. The molecule has 3 aromatic rings. The van der Waals surface area contributed by atoms with Crippen molar-refractivity contribution in [3.63, 3.8) is 0 Å². The molecule has 4 rings (SSSR count). The van der Waals surface area contributed by atoms with Gasteiger partial charge in [-0.3, -0.25) is 10.1 Å². The van der Waals surface area contributed by atoms with Crippen molar-refractivity contribution in [1.82, 2.24) is 14.8 Å². The molecule has 1 aromatic heterocycles. The molecular weight excluding hydrogens is 350 g/mol. The lowest BCUT2D eigenvalue weighted by molar-refractivity contribution is -0.116. The molecule has 1 atom stereocenters. The predicted octanol–water partition coefficient (Wildman–Crippen LogP) is 4.32. The summed E-state index contributed by atoms with van der Waals surface area (Å²) in [7, 11) is 0. The molecule has 28 heavy (non-hydrogen) atoms. The van der Waals surface area contributed by atoms with Crippen molar-refractivity contribution in [3.05, 3.63) is 77.9 Å². The monoisotopic (exact) mass is 373 g/mol. The van der Waals surface area contributed by atoms with Gasteiger partial charge in [0.05, 0.1) is 0 Å². The van der Waals surface area contributed by atoms with Crippen molar-refractivity contribution in [1.29, 1.82) is 0 Å². The Hall–Kier alpha value is -3.41. The minimum Gasteiger partial charge on any atom is -0.324 e. The van der Waals surface area contributed by atoms with Crippen LogP contribution in [0.2, 0.25) is 0 Å². The zero-order valence-corrected chi connectivity index (χ0v) is 16.0. The van der Waals surface area contributed by atoms with Crippen LogP contribution in [0.1, 0.15) is 37.4 Å². The number of nitrogens with zero attached hydrogens (tertiary/aromatic N) is 3. The van der Waals surface area contributed by atoms with Gasteiger partial charge in [-0.1, -0.05) is 74.5 Å². The van der Waals surface area contributed by atoms with Crippen LogP contribution in [0, 0.1) is 5.92 Å². The number of hydrogen-bond acceptors (Lipinski definition) is 4. The van der Waals surface area contributed by atoms with Gasteiger partial charge >= 0.3 is 0 Å². The number of benzene rings is 2. The van der Waals surface area contributed by atoms with Gasteiger partial charge in [0.2, 0.25) is 11.9 Å². The predicted molar refractivity (Wildman–Crippen MR) is 111 cm³/mol. The van der Waals surface area contributed by atoms with Gasteiger partial charge < -0.3 is 5.32 Å². The molecule has 0 spiro atoms. The number of amides is 1. The fourth-order valence-electron chi connectivity index (χ4n) is 3.27. The summed E-state index contributed by atoms with van der Waals surface area (Å²) in [5.41, 5.74) is 3.14. The van der Waals surface area contributed by atoms with Gasteiger partial charge in [-0.15, -0.1) is 5.10 Å². The SMILES string of the molecule is CC(C)CC(=O)Nc1nc2n(n1)C(c1ccccc1)C=C(c1ccccc1)N2. The van der Waals surface area contributed by atoms with Crippen molar-refractivity contribution < 1.29 is 4.79 Å². The van der Waals surface area contributed by atoms with E-state index >= 15 is 0 Å². The van der Waals surface area contributed by atoms with E-state index in [2.05, 4.69) is 51.1 Å². The number of anilines is 2. The highest BCUT2D eigenvalue weighted by atomic mass is 16.1. The molecule has 0 saturated carbocycles. The van der Waals surface area contributed by atoms with E-state index in [1.54, 1.807) is 0 Å². The summed E-state index contributed by atoms with van der Waals surface area (Å²) >= 11 is 0. The Morgan fingerprint density at radius 3 is 2.46 bits per heavy atom. The summed E-state index contributed by atoms with van der Waals surface area (Å²) < 4.78 is 1.81. The first kappa shape index (κ1) is 18.0. The van der Waals surface area contributed by atoms with Crippen molar-refractivity contribution in [2.24, 2.45) is 5.92 Å². The van der Waals surface area contributed by atoms with E-state index < -0.39 is 0 Å². The van der Waals surface area contributed by atoms with Crippen LogP contribution in [-0.4, -0.2) is 20.7 Å². The lowest BCUT2D eigenvalue weighted by Crippen LogP contribution is -2.20. The highest BCUT2D eigenvalue weighted by Crippen LogP contribution is 2.33. The maximum atomic E-state index is 12.1. The quantitative estimate of drug-likeness (QED) is 0.699. The molecule has 6 heteroatoms. The summed E-state index contributed by atoms with van der Waals surface area (Å²) in [5, 5.41) is 10.7. The van der Waals surface area contributed by atoms with Gasteiger partial charge in [-0.05, 0) is 23.1 Å². The Morgan fingerprint density at radius 2 is 1.79 bits per heavy atom. The van der Waals surface area contributed by atoms with Gasteiger partial charge in [0.25, 0.3) is 5.95 Å². The third-order valence-electron chi connectivity index (χ3n) is 4.54. The van der Waals surface area contributed by atoms with Gasteiger partial charge in [-0.25, -0.2) is 4.68 Å². The highest BCUT2D eigenvalue weighted by Gasteiger charge is 2.25. The number of carbonyl (C=O) groups excluding carboxylic acids is 1. The molecule has 2 aromatic carbocycles. The summed E-state index contributed by atoms with van der Waals surface area (Å²) in [4.78, 5) is 16.7. The first-order valence-corrected chi connectivity index (χ1v) is 9.46. The second kappa shape index (κ2) is 7.68. The zero-order valence-electron chi connectivity index (χ0n) is 16.0. The van der Waals surface area contributed by atoms with Crippen LogP contribution >= 0.6 is 0 Å². The third-order valence-corrected chi connectivity index (χ3v) is 4.54. The Kier molecular flexibility index (Phi) is 4.93. The second-order valence-corrected chi connectivity index (χ2v) is 7.28. The number of carbonyl (C=O) groups is 1. The third kappa shape index (κ3) is 3.81. The molecule has 1 unspecified atom stereocenters. The van der Waals surface area contributed by atoms with Crippen LogP contribution in [0.4, 0.5) is 11.9 Å². The molecule has 0 fully saturated rings. The lowest BCUT2D eigenvalue weighted by atomic mass is 10.0. The van der Waals surface area contributed by atoms with E-state index in [4.69, 9.17) is 0 Å². The molecule has 0 bridgehead atoms. The summed E-state index contributed by atoms with van der Waals surface area (Å²) in [6.45, 7) is 4.02.